The van der Waals surface area contributed by atoms with E-state index in [0.717, 1.165) is 61.1 Å². The number of ether oxygens (including phenoxy) is 1. The molecule has 1 aliphatic rings. The molecule has 2 atom stereocenters. The first-order valence-electron chi connectivity index (χ1n) is 13.9. The van der Waals surface area contributed by atoms with Crippen LogP contribution in [0.2, 0.25) is 0 Å². The van der Waals surface area contributed by atoms with E-state index in [1.165, 1.54) is 12.7 Å². The lowest BCUT2D eigenvalue weighted by Gasteiger charge is -2.25. The van der Waals surface area contributed by atoms with Crippen LogP contribution in [0.15, 0.2) is 36.5 Å². The highest BCUT2D eigenvalue weighted by molar-refractivity contribution is 5.99. The van der Waals surface area contributed by atoms with Crippen molar-refractivity contribution in [1.29, 1.82) is 0 Å². The van der Waals surface area contributed by atoms with Gasteiger partial charge in [-0.1, -0.05) is 12.1 Å². The number of rotatable bonds is 15. The Bertz CT molecular complexity index is 1300. The predicted molar refractivity (Wildman–Crippen MR) is 151 cm³/mol. The molecular weight excluding hydrogens is 515 g/mol. The smallest absolute Gasteiger partial charge is 0.326 e. The summed E-state index contributed by atoms with van der Waals surface area (Å²) in [4.78, 5) is 31.5. The summed E-state index contributed by atoms with van der Waals surface area (Å²) in [6.07, 6.45) is 5.32. The van der Waals surface area contributed by atoms with Crippen molar-refractivity contribution in [2.75, 3.05) is 45.2 Å². The van der Waals surface area contributed by atoms with Gasteiger partial charge in [0.2, 0.25) is 0 Å². The molecule has 216 valence electrons. The molecule has 0 radical (unpaired) electrons. The molecule has 1 aromatic carbocycles. The number of hydrogen-bond donors (Lipinski definition) is 3. The van der Waals surface area contributed by atoms with Crippen LogP contribution in [0.25, 0.3) is 10.9 Å². The number of anilines is 1. The average Bonchev–Trinajstić information content (AvgIpc) is 3.32. The van der Waals surface area contributed by atoms with Gasteiger partial charge in [0.1, 0.15) is 18.0 Å². The Kier molecular flexibility index (Phi) is 10.4. The summed E-state index contributed by atoms with van der Waals surface area (Å²) in [7, 11) is 3.23. The zero-order valence-corrected chi connectivity index (χ0v) is 23.2. The van der Waals surface area contributed by atoms with Crippen LogP contribution in [0.4, 0.5) is 10.2 Å². The number of methoxy groups -OCH3 is 1. The minimum atomic E-state index is -1.19. The number of carbonyl (C=O) groups is 2. The van der Waals surface area contributed by atoms with Crippen LogP contribution in [0.1, 0.15) is 47.3 Å². The highest BCUT2D eigenvalue weighted by Gasteiger charge is 2.23. The van der Waals surface area contributed by atoms with Gasteiger partial charge in [-0.3, -0.25) is 9.48 Å². The second-order valence-corrected chi connectivity index (χ2v) is 10.3. The van der Waals surface area contributed by atoms with Gasteiger partial charge in [0.25, 0.3) is 5.91 Å². The number of carbonyl (C=O) groups excluding carboxylic acids is 1. The topological polar surface area (TPSA) is 122 Å². The molecule has 0 unspecified atom stereocenters. The van der Waals surface area contributed by atoms with Gasteiger partial charge in [-0.2, -0.15) is 5.10 Å². The van der Waals surface area contributed by atoms with Crippen LogP contribution >= 0.6 is 0 Å². The molecule has 0 saturated carbocycles. The average molecular weight is 555 g/mol. The number of aryl methyl sites for hydroxylation is 3. The minimum Gasteiger partial charge on any atom is -0.480 e. The summed E-state index contributed by atoms with van der Waals surface area (Å²) in [6.45, 7) is 1.97. The summed E-state index contributed by atoms with van der Waals surface area (Å²) < 4.78 is 21.1. The van der Waals surface area contributed by atoms with E-state index in [-0.39, 0.29) is 19.6 Å². The summed E-state index contributed by atoms with van der Waals surface area (Å²) >= 11 is 0. The van der Waals surface area contributed by atoms with Crippen molar-refractivity contribution in [3.8, 4) is 0 Å². The number of fused-ring (bicyclic) bond motifs is 2. The Morgan fingerprint density at radius 2 is 2.10 bits per heavy atom. The zero-order valence-electron chi connectivity index (χ0n) is 23.2. The normalized spacial score (nSPS) is 14.5. The Morgan fingerprint density at radius 3 is 2.90 bits per heavy atom. The van der Waals surface area contributed by atoms with Crippen LogP contribution in [-0.4, -0.2) is 88.8 Å². The number of halogens is 1. The third-order valence-electron chi connectivity index (χ3n) is 7.26. The van der Waals surface area contributed by atoms with Crippen molar-refractivity contribution in [1.82, 2.24) is 25.0 Å². The number of carboxylic acid groups (broad SMARTS) is 1. The number of aromatic nitrogens is 3. The molecule has 40 heavy (non-hydrogen) atoms. The first-order chi connectivity index (χ1) is 19.3. The van der Waals surface area contributed by atoms with E-state index in [4.69, 9.17) is 9.72 Å². The molecule has 4 rings (SSSR count). The summed E-state index contributed by atoms with van der Waals surface area (Å²) in [5, 5.41) is 20.9. The largest absolute Gasteiger partial charge is 0.480 e. The van der Waals surface area contributed by atoms with Crippen LogP contribution in [0.5, 0.6) is 0 Å². The molecule has 0 fully saturated rings. The Labute approximate surface area is 233 Å². The van der Waals surface area contributed by atoms with Gasteiger partial charge in [0.15, 0.2) is 0 Å². The van der Waals surface area contributed by atoms with Crippen molar-refractivity contribution in [3.63, 3.8) is 0 Å². The first kappa shape index (κ1) is 29.4. The molecular formula is C29H39FN6O4. The molecule has 3 N–H and O–H groups in total. The number of alkyl halides is 1. The van der Waals surface area contributed by atoms with Gasteiger partial charge < -0.3 is 25.4 Å². The zero-order chi connectivity index (χ0) is 28.5. The van der Waals surface area contributed by atoms with Gasteiger partial charge in [0.05, 0.1) is 18.3 Å². The molecule has 3 aromatic rings. The van der Waals surface area contributed by atoms with Gasteiger partial charge in [0, 0.05) is 50.4 Å². The molecule has 10 nitrogen and oxygen atoms in total. The minimum absolute atomic E-state index is 0.0296. The fourth-order valence-corrected chi connectivity index (χ4v) is 5.05. The number of benzene rings is 1. The maximum atomic E-state index is 14.5. The van der Waals surface area contributed by atoms with Crippen molar-refractivity contribution in [2.24, 2.45) is 7.05 Å². The molecule has 1 aliphatic heterocycles. The number of amides is 1. The molecule has 0 aliphatic carbocycles. The second kappa shape index (κ2) is 14.2. The number of nitrogens with zero attached hydrogens (tertiary/aromatic N) is 4. The third kappa shape index (κ3) is 7.98. The van der Waals surface area contributed by atoms with E-state index >= 15 is 0 Å². The number of nitrogens with one attached hydrogen (secondary N) is 2. The lowest BCUT2D eigenvalue weighted by molar-refractivity contribution is -0.139. The summed E-state index contributed by atoms with van der Waals surface area (Å²) in [6, 6.07) is 8.23. The van der Waals surface area contributed by atoms with E-state index in [1.54, 1.807) is 36.1 Å². The SMILES string of the molecule is COC[C@@H](F)CN(CCCCc1ccc2c(n1)NCCC2)CC[C@H](NC(=O)c1ccc2cnn(C)c2c1)C(=O)O. The summed E-state index contributed by atoms with van der Waals surface area (Å²) in [5.41, 5.74) is 3.42. The lowest BCUT2D eigenvalue weighted by atomic mass is 10.1. The number of aliphatic carboxylic acids is 1. The Hall–Kier alpha value is -3.57. The quantitative estimate of drug-likeness (QED) is 0.245. The Morgan fingerprint density at radius 1 is 1.25 bits per heavy atom. The van der Waals surface area contributed by atoms with Gasteiger partial charge in [-0.05, 0) is 68.8 Å². The van der Waals surface area contributed by atoms with Gasteiger partial charge in [-0.15, -0.1) is 0 Å². The molecule has 1 amide bonds. The van der Waals surface area contributed by atoms with E-state index in [2.05, 4.69) is 27.9 Å². The maximum absolute atomic E-state index is 14.5. The fourth-order valence-electron chi connectivity index (χ4n) is 5.05. The standard InChI is InChI=1S/C29H39FN6O4/c1-35-26-16-21(8-9-22(26)17-32-35)28(37)34-25(29(38)39)12-15-36(18-23(30)19-40-2)14-4-3-7-24-11-10-20-6-5-13-31-27(20)33-24/h8-11,16-17,23,25H,3-7,12-15,18-19H2,1-2H3,(H,31,33)(H,34,37)(H,38,39)/t23-,25-/m0/s1. The van der Waals surface area contributed by atoms with Crippen LogP contribution in [0, 0.1) is 0 Å². The fraction of sp³-hybridized carbons (Fsp3) is 0.517. The number of hydrogen-bond acceptors (Lipinski definition) is 7. The van der Waals surface area contributed by atoms with E-state index in [0.29, 0.717) is 18.7 Å². The molecule has 0 saturated heterocycles. The Balaban J connectivity index is 1.31. The summed E-state index contributed by atoms with van der Waals surface area (Å²) in [5.74, 6) is -0.625. The van der Waals surface area contributed by atoms with Crippen LogP contribution in [0.3, 0.4) is 0 Å². The van der Waals surface area contributed by atoms with Gasteiger partial charge in [-0.25, -0.2) is 14.2 Å². The lowest BCUT2D eigenvalue weighted by Crippen LogP contribution is -2.44. The van der Waals surface area contributed by atoms with Crippen LogP contribution < -0.4 is 10.6 Å². The molecule has 11 heteroatoms. The van der Waals surface area contributed by atoms with Crippen molar-refractivity contribution in [2.45, 2.75) is 50.7 Å². The molecule has 3 heterocycles. The maximum Gasteiger partial charge on any atom is 0.326 e. The van der Waals surface area contributed by atoms with E-state index in [9.17, 15) is 19.1 Å². The van der Waals surface area contributed by atoms with Crippen molar-refractivity contribution >= 4 is 28.6 Å². The van der Waals surface area contributed by atoms with E-state index in [1.807, 2.05) is 4.90 Å². The number of pyridine rings is 1. The van der Waals surface area contributed by atoms with E-state index < -0.39 is 24.1 Å². The first-order valence-corrected chi connectivity index (χ1v) is 13.9. The predicted octanol–water partition coefficient (Wildman–Crippen LogP) is 3.21. The van der Waals surface area contributed by atoms with Crippen molar-refractivity contribution in [3.05, 3.63) is 53.3 Å². The highest BCUT2D eigenvalue weighted by Crippen LogP contribution is 2.20. The number of unbranched alkanes of at least 4 members (excludes halogenated alkanes) is 1. The van der Waals surface area contributed by atoms with Crippen molar-refractivity contribution < 1.29 is 23.8 Å². The monoisotopic (exact) mass is 554 g/mol. The molecule has 2 aromatic heterocycles. The molecule has 0 bridgehead atoms. The third-order valence-corrected chi connectivity index (χ3v) is 7.26. The highest BCUT2D eigenvalue weighted by atomic mass is 19.1. The van der Waals surface area contributed by atoms with Crippen LogP contribution in [-0.2, 0) is 29.4 Å². The number of carboxylic acids is 1. The second-order valence-electron chi connectivity index (χ2n) is 10.3. The van der Waals surface area contributed by atoms with Gasteiger partial charge >= 0.3 is 5.97 Å². The molecule has 0 spiro atoms.